The summed E-state index contributed by atoms with van der Waals surface area (Å²) in [7, 11) is 1.69. The first-order valence-electron chi connectivity index (χ1n) is 6.04. The minimum absolute atomic E-state index is 0.0260. The van der Waals surface area contributed by atoms with E-state index in [2.05, 4.69) is 0 Å². The van der Waals surface area contributed by atoms with Crippen molar-refractivity contribution in [2.24, 2.45) is 0 Å². The lowest BCUT2D eigenvalue weighted by molar-refractivity contribution is -0.130. The molecule has 0 heterocycles. The summed E-state index contributed by atoms with van der Waals surface area (Å²) in [4.78, 5) is 13.2. The SMILES string of the molecule is Cc1cc(Cl)ccc1OCCC(=O)N(C)CCC#N. The monoisotopic (exact) mass is 280 g/mol. The van der Waals surface area contributed by atoms with E-state index >= 15 is 0 Å². The number of aryl methyl sites for hydroxylation is 1. The van der Waals surface area contributed by atoms with Gasteiger partial charge in [0.2, 0.25) is 5.91 Å². The molecule has 1 amide bonds. The lowest BCUT2D eigenvalue weighted by atomic mass is 10.2. The molecular weight excluding hydrogens is 264 g/mol. The van der Waals surface area contributed by atoms with Crippen molar-refractivity contribution in [2.45, 2.75) is 19.8 Å². The highest BCUT2D eigenvalue weighted by atomic mass is 35.5. The van der Waals surface area contributed by atoms with Gasteiger partial charge in [-0.3, -0.25) is 4.79 Å². The topological polar surface area (TPSA) is 53.3 Å². The van der Waals surface area contributed by atoms with Crippen molar-refractivity contribution in [1.29, 1.82) is 5.26 Å². The van der Waals surface area contributed by atoms with Gasteiger partial charge in [0.15, 0.2) is 0 Å². The van der Waals surface area contributed by atoms with Crippen molar-refractivity contribution in [1.82, 2.24) is 4.90 Å². The van der Waals surface area contributed by atoms with Gasteiger partial charge in [-0.25, -0.2) is 0 Å². The lowest BCUT2D eigenvalue weighted by Crippen LogP contribution is -2.28. The van der Waals surface area contributed by atoms with Gasteiger partial charge in [-0.15, -0.1) is 0 Å². The van der Waals surface area contributed by atoms with Crippen LogP contribution in [0.2, 0.25) is 5.02 Å². The molecule has 0 saturated carbocycles. The molecule has 0 aromatic heterocycles. The number of halogens is 1. The quantitative estimate of drug-likeness (QED) is 0.805. The first-order valence-corrected chi connectivity index (χ1v) is 6.42. The summed E-state index contributed by atoms with van der Waals surface area (Å²) in [5, 5.41) is 9.12. The molecule has 0 N–H and O–H groups in total. The Bertz CT molecular complexity index is 483. The molecule has 1 rings (SSSR count). The fraction of sp³-hybridized carbons (Fsp3) is 0.429. The number of rotatable bonds is 6. The Balaban J connectivity index is 2.38. The standard InChI is InChI=1S/C14H17ClN2O2/c1-11-10-12(15)4-5-13(11)19-9-6-14(18)17(2)8-3-7-16/h4-5,10H,3,6,8-9H2,1-2H3. The molecule has 4 nitrogen and oxygen atoms in total. The second-order valence-electron chi connectivity index (χ2n) is 4.23. The molecule has 19 heavy (non-hydrogen) atoms. The number of amides is 1. The van der Waals surface area contributed by atoms with E-state index in [1.165, 1.54) is 0 Å². The third kappa shape index (κ3) is 5.19. The zero-order chi connectivity index (χ0) is 14.3. The maximum absolute atomic E-state index is 11.7. The minimum atomic E-state index is -0.0260. The highest BCUT2D eigenvalue weighted by molar-refractivity contribution is 6.30. The van der Waals surface area contributed by atoms with Crippen LogP contribution in [-0.2, 0) is 4.79 Å². The van der Waals surface area contributed by atoms with Crippen LogP contribution < -0.4 is 4.74 Å². The van der Waals surface area contributed by atoms with Gasteiger partial charge in [0.25, 0.3) is 0 Å². The molecule has 0 bridgehead atoms. The van der Waals surface area contributed by atoms with Crippen molar-refractivity contribution in [2.75, 3.05) is 20.2 Å². The summed E-state index contributed by atoms with van der Waals surface area (Å²) in [5.74, 6) is 0.707. The van der Waals surface area contributed by atoms with Crippen molar-refractivity contribution < 1.29 is 9.53 Å². The summed E-state index contributed by atoms with van der Waals surface area (Å²) in [6.45, 7) is 2.68. The fourth-order valence-electron chi connectivity index (χ4n) is 1.56. The number of nitrogens with zero attached hydrogens (tertiary/aromatic N) is 2. The molecule has 0 fully saturated rings. The van der Waals surface area contributed by atoms with Crippen LogP contribution in [0.4, 0.5) is 0 Å². The fourth-order valence-corrected chi connectivity index (χ4v) is 1.78. The van der Waals surface area contributed by atoms with Gasteiger partial charge >= 0.3 is 0 Å². The third-order valence-electron chi connectivity index (χ3n) is 2.70. The number of hydrogen-bond donors (Lipinski definition) is 0. The van der Waals surface area contributed by atoms with Gasteiger partial charge in [-0.1, -0.05) is 11.6 Å². The molecule has 102 valence electrons. The average Bonchev–Trinajstić information content (AvgIpc) is 2.38. The van der Waals surface area contributed by atoms with Gasteiger partial charge in [0.1, 0.15) is 5.75 Å². The first kappa shape index (κ1) is 15.3. The van der Waals surface area contributed by atoms with Gasteiger partial charge in [0, 0.05) is 18.6 Å². The Morgan fingerprint density at radius 2 is 2.26 bits per heavy atom. The largest absolute Gasteiger partial charge is 0.493 e. The Morgan fingerprint density at radius 3 is 2.89 bits per heavy atom. The van der Waals surface area contributed by atoms with E-state index in [-0.39, 0.29) is 5.91 Å². The molecule has 0 atom stereocenters. The molecular formula is C14H17ClN2O2. The normalized spacial score (nSPS) is 9.79. The molecule has 0 aliphatic rings. The predicted octanol–water partition coefficient (Wildman–Crippen LogP) is 2.79. The van der Waals surface area contributed by atoms with Crippen LogP contribution in [0.15, 0.2) is 18.2 Å². The van der Waals surface area contributed by atoms with Crippen molar-refractivity contribution in [3.63, 3.8) is 0 Å². The van der Waals surface area contributed by atoms with Crippen molar-refractivity contribution in [3.05, 3.63) is 28.8 Å². The van der Waals surface area contributed by atoms with Gasteiger partial charge < -0.3 is 9.64 Å². The summed E-state index contributed by atoms with van der Waals surface area (Å²) in [6, 6.07) is 7.38. The number of carbonyl (C=O) groups excluding carboxylic acids is 1. The van der Waals surface area contributed by atoms with Crippen LogP contribution in [0.5, 0.6) is 5.75 Å². The smallest absolute Gasteiger partial charge is 0.225 e. The zero-order valence-corrected chi connectivity index (χ0v) is 11.9. The first-order chi connectivity index (χ1) is 9.04. The number of nitriles is 1. The molecule has 1 aromatic carbocycles. The maximum Gasteiger partial charge on any atom is 0.225 e. The minimum Gasteiger partial charge on any atom is -0.493 e. The van der Waals surface area contributed by atoms with Crippen LogP contribution >= 0.6 is 11.6 Å². The number of carbonyl (C=O) groups is 1. The van der Waals surface area contributed by atoms with Gasteiger partial charge in [0.05, 0.1) is 25.5 Å². The molecule has 0 saturated heterocycles. The van der Waals surface area contributed by atoms with E-state index in [4.69, 9.17) is 21.6 Å². The van der Waals surface area contributed by atoms with Crippen molar-refractivity contribution in [3.8, 4) is 11.8 Å². The van der Waals surface area contributed by atoms with E-state index in [9.17, 15) is 4.79 Å². The average molecular weight is 281 g/mol. The molecule has 0 radical (unpaired) electrons. The van der Waals surface area contributed by atoms with Gasteiger partial charge in [-0.05, 0) is 30.7 Å². The molecule has 5 heteroatoms. The Kier molecular flexibility index (Phi) is 6.17. The lowest BCUT2D eigenvalue weighted by Gasteiger charge is -2.16. The van der Waals surface area contributed by atoms with Crippen LogP contribution in [0.1, 0.15) is 18.4 Å². The second kappa shape index (κ2) is 7.65. The highest BCUT2D eigenvalue weighted by Crippen LogP contribution is 2.21. The third-order valence-corrected chi connectivity index (χ3v) is 2.93. The molecule has 0 spiro atoms. The molecule has 0 aliphatic carbocycles. The van der Waals surface area contributed by atoms with E-state index in [1.807, 2.05) is 19.1 Å². The summed E-state index contributed by atoms with van der Waals surface area (Å²) in [5.41, 5.74) is 0.942. The summed E-state index contributed by atoms with van der Waals surface area (Å²) < 4.78 is 5.55. The van der Waals surface area contributed by atoms with E-state index < -0.39 is 0 Å². The molecule has 0 aliphatic heterocycles. The second-order valence-corrected chi connectivity index (χ2v) is 4.67. The van der Waals surface area contributed by atoms with Crippen LogP contribution in [0, 0.1) is 18.3 Å². The maximum atomic E-state index is 11.7. The van der Waals surface area contributed by atoms with E-state index in [1.54, 1.807) is 24.1 Å². The number of benzene rings is 1. The summed E-state index contributed by atoms with van der Waals surface area (Å²) in [6.07, 6.45) is 0.642. The Morgan fingerprint density at radius 1 is 1.53 bits per heavy atom. The van der Waals surface area contributed by atoms with E-state index in [0.717, 1.165) is 11.3 Å². The molecule has 0 unspecified atom stereocenters. The predicted molar refractivity (Wildman–Crippen MR) is 74.2 cm³/mol. The summed E-state index contributed by atoms with van der Waals surface area (Å²) >= 11 is 5.85. The van der Waals surface area contributed by atoms with E-state index in [0.29, 0.717) is 31.0 Å². The Labute approximate surface area is 118 Å². The number of hydrogen-bond acceptors (Lipinski definition) is 3. The number of ether oxygens (including phenoxy) is 1. The van der Waals surface area contributed by atoms with Crippen molar-refractivity contribution >= 4 is 17.5 Å². The van der Waals surface area contributed by atoms with Crippen LogP contribution in [0.3, 0.4) is 0 Å². The van der Waals surface area contributed by atoms with Gasteiger partial charge in [-0.2, -0.15) is 5.26 Å². The molecule has 1 aromatic rings. The van der Waals surface area contributed by atoms with Crippen LogP contribution in [-0.4, -0.2) is 31.0 Å². The Hall–Kier alpha value is -1.73. The highest BCUT2D eigenvalue weighted by Gasteiger charge is 2.08. The zero-order valence-electron chi connectivity index (χ0n) is 11.1. The van der Waals surface area contributed by atoms with Crippen LogP contribution in [0.25, 0.3) is 0 Å².